The molecule has 5 unspecified atom stereocenters. The predicted molar refractivity (Wildman–Crippen MR) is 99.0 cm³/mol. The number of esters is 2. The lowest BCUT2D eigenvalue weighted by Gasteiger charge is -2.32. The third kappa shape index (κ3) is 5.67. The minimum absolute atomic E-state index is 0.0255. The lowest BCUT2D eigenvalue weighted by Crippen LogP contribution is -2.35. The molecular formula is C21H34O6. The first kappa shape index (κ1) is 20.6. The average molecular weight is 382 g/mol. The van der Waals surface area contributed by atoms with Gasteiger partial charge in [-0.05, 0) is 78.1 Å². The van der Waals surface area contributed by atoms with E-state index in [1.807, 2.05) is 0 Å². The fourth-order valence-electron chi connectivity index (χ4n) is 4.61. The van der Waals surface area contributed by atoms with Crippen molar-refractivity contribution in [1.29, 1.82) is 0 Å². The highest BCUT2D eigenvalue weighted by molar-refractivity contribution is 5.73. The first-order valence-electron chi connectivity index (χ1n) is 10.5. The van der Waals surface area contributed by atoms with Gasteiger partial charge in [0.2, 0.25) is 0 Å². The highest BCUT2D eigenvalue weighted by Gasteiger charge is 2.56. The van der Waals surface area contributed by atoms with E-state index < -0.39 is 5.60 Å². The van der Waals surface area contributed by atoms with Gasteiger partial charge in [0.25, 0.3) is 0 Å². The van der Waals surface area contributed by atoms with Gasteiger partial charge >= 0.3 is 11.9 Å². The van der Waals surface area contributed by atoms with Crippen molar-refractivity contribution in [2.24, 2.45) is 11.8 Å². The molecule has 0 amide bonds. The van der Waals surface area contributed by atoms with E-state index in [1.165, 1.54) is 0 Å². The predicted octanol–water partition coefficient (Wildman–Crippen LogP) is 3.14. The molecule has 27 heavy (non-hydrogen) atoms. The van der Waals surface area contributed by atoms with E-state index in [-0.39, 0.29) is 29.4 Å². The topological polar surface area (TPSA) is 85.4 Å². The molecule has 3 aliphatic rings. The Morgan fingerprint density at radius 3 is 2.19 bits per heavy atom. The molecule has 3 fully saturated rings. The number of fused-ring (bicyclic) bond motifs is 1. The number of carbonyl (C=O) groups excluding carboxylic acids is 2. The molecule has 0 aromatic carbocycles. The van der Waals surface area contributed by atoms with Gasteiger partial charge in [-0.15, -0.1) is 0 Å². The van der Waals surface area contributed by atoms with Gasteiger partial charge in [-0.2, -0.15) is 0 Å². The Morgan fingerprint density at radius 2 is 1.59 bits per heavy atom. The molecule has 0 radical (unpaired) electrons. The standard InChI is InChI=1S/C21H34O6/c1-20(24)10-6-7-15(13-20)18(22)25-11-4-3-5-12-26-19(23)16-8-9-17-21(2,14-16)27-17/h15-17,24H,3-14H2,1-2H3. The number of ether oxygens (including phenoxy) is 3. The highest BCUT2D eigenvalue weighted by atomic mass is 16.6. The van der Waals surface area contributed by atoms with Crippen LogP contribution in [0.25, 0.3) is 0 Å². The summed E-state index contributed by atoms with van der Waals surface area (Å²) in [6, 6.07) is 0. The summed E-state index contributed by atoms with van der Waals surface area (Å²) in [7, 11) is 0. The molecule has 0 spiro atoms. The number of aliphatic hydroxyl groups is 1. The van der Waals surface area contributed by atoms with E-state index in [9.17, 15) is 14.7 Å². The summed E-state index contributed by atoms with van der Waals surface area (Å²) < 4.78 is 16.4. The van der Waals surface area contributed by atoms with Crippen LogP contribution in [0, 0.1) is 11.8 Å². The van der Waals surface area contributed by atoms with Crippen LogP contribution >= 0.6 is 0 Å². The number of hydrogen-bond acceptors (Lipinski definition) is 6. The fraction of sp³-hybridized carbons (Fsp3) is 0.905. The van der Waals surface area contributed by atoms with E-state index in [2.05, 4.69) is 6.92 Å². The molecule has 1 aliphatic heterocycles. The summed E-state index contributed by atoms with van der Waals surface area (Å²) in [6.07, 6.45) is 8.27. The summed E-state index contributed by atoms with van der Waals surface area (Å²) in [6.45, 7) is 4.69. The Bertz CT molecular complexity index is 520. The second-order valence-electron chi connectivity index (χ2n) is 9.08. The molecule has 3 rings (SSSR count). The monoisotopic (exact) mass is 382 g/mol. The molecule has 0 bridgehead atoms. The molecule has 6 nitrogen and oxygen atoms in total. The van der Waals surface area contributed by atoms with Gasteiger partial charge in [0.1, 0.15) is 0 Å². The number of unbranched alkanes of at least 4 members (excludes halogenated alkanes) is 2. The van der Waals surface area contributed by atoms with Gasteiger partial charge in [-0.25, -0.2) is 0 Å². The van der Waals surface area contributed by atoms with Crippen molar-refractivity contribution in [1.82, 2.24) is 0 Å². The average Bonchev–Trinajstić information content (AvgIpc) is 3.30. The molecular weight excluding hydrogens is 348 g/mol. The Kier molecular flexibility index (Phi) is 6.46. The lowest BCUT2D eigenvalue weighted by atomic mass is 9.79. The maximum atomic E-state index is 12.1. The van der Waals surface area contributed by atoms with Crippen LogP contribution in [0.4, 0.5) is 0 Å². The number of carbonyl (C=O) groups is 2. The summed E-state index contributed by atoms with van der Waals surface area (Å²) in [5, 5.41) is 10.1. The zero-order chi connectivity index (χ0) is 19.5. The van der Waals surface area contributed by atoms with Gasteiger partial charge in [0.15, 0.2) is 0 Å². The largest absolute Gasteiger partial charge is 0.465 e. The highest BCUT2D eigenvalue weighted by Crippen LogP contribution is 2.49. The van der Waals surface area contributed by atoms with Gasteiger partial charge in [-0.3, -0.25) is 9.59 Å². The summed E-state index contributed by atoms with van der Waals surface area (Å²) in [5.41, 5.74) is -0.828. The molecule has 0 aromatic heterocycles. The fourth-order valence-corrected chi connectivity index (χ4v) is 4.61. The molecule has 1 N–H and O–H groups in total. The van der Waals surface area contributed by atoms with Gasteiger partial charge < -0.3 is 19.3 Å². The Labute approximate surface area is 161 Å². The molecule has 1 saturated heterocycles. The molecule has 1 heterocycles. The third-order valence-electron chi connectivity index (χ3n) is 6.36. The van der Waals surface area contributed by atoms with Crippen molar-refractivity contribution in [3.05, 3.63) is 0 Å². The molecule has 0 aromatic rings. The van der Waals surface area contributed by atoms with Gasteiger partial charge in [0, 0.05) is 0 Å². The van der Waals surface area contributed by atoms with Crippen molar-refractivity contribution in [3.63, 3.8) is 0 Å². The van der Waals surface area contributed by atoms with E-state index in [1.54, 1.807) is 6.92 Å². The second kappa shape index (κ2) is 8.48. The first-order valence-corrected chi connectivity index (χ1v) is 10.5. The van der Waals surface area contributed by atoms with E-state index >= 15 is 0 Å². The second-order valence-corrected chi connectivity index (χ2v) is 9.08. The van der Waals surface area contributed by atoms with Crippen LogP contribution in [-0.4, -0.2) is 47.6 Å². The quantitative estimate of drug-likeness (QED) is 0.394. The maximum absolute atomic E-state index is 12.1. The normalized spacial score (nSPS) is 38.0. The SMILES string of the molecule is CC1(O)CCCC(C(=O)OCCCCCOC(=O)C2CCC3OC3(C)C2)C1. The van der Waals surface area contributed by atoms with E-state index in [0.29, 0.717) is 25.7 Å². The van der Waals surface area contributed by atoms with Crippen molar-refractivity contribution < 1.29 is 28.9 Å². The number of rotatable bonds is 8. The van der Waals surface area contributed by atoms with Crippen molar-refractivity contribution in [2.75, 3.05) is 13.2 Å². The smallest absolute Gasteiger partial charge is 0.309 e. The summed E-state index contributed by atoms with van der Waals surface area (Å²) >= 11 is 0. The molecule has 6 heteroatoms. The van der Waals surface area contributed by atoms with Crippen LogP contribution in [0.5, 0.6) is 0 Å². The first-order chi connectivity index (χ1) is 12.8. The van der Waals surface area contributed by atoms with Crippen LogP contribution in [0.3, 0.4) is 0 Å². The summed E-state index contributed by atoms with van der Waals surface area (Å²) in [5.74, 6) is -0.488. The lowest BCUT2D eigenvalue weighted by molar-refractivity contribution is -0.153. The molecule has 2 saturated carbocycles. The Balaban J connectivity index is 1.21. The summed E-state index contributed by atoms with van der Waals surface area (Å²) in [4.78, 5) is 24.2. The van der Waals surface area contributed by atoms with E-state index in [4.69, 9.17) is 14.2 Å². The van der Waals surface area contributed by atoms with Gasteiger partial charge in [-0.1, -0.05) is 0 Å². The van der Waals surface area contributed by atoms with Crippen LogP contribution < -0.4 is 0 Å². The van der Waals surface area contributed by atoms with Crippen LogP contribution in [0.15, 0.2) is 0 Å². The Morgan fingerprint density at radius 1 is 0.963 bits per heavy atom. The molecule has 5 atom stereocenters. The van der Waals surface area contributed by atoms with Crippen molar-refractivity contribution >= 4 is 11.9 Å². The minimum atomic E-state index is -0.742. The maximum Gasteiger partial charge on any atom is 0.309 e. The molecule has 2 aliphatic carbocycles. The Hall–Kier alpha value is -1.14. The number of hydrogen-bond donors (Lipinski definition) is 1. The zero-order valence-electron chi connectivity index (χ0n) is 16.7. The van der Waals surface area contributed by atoms with Crippen LogP contribution in [-0.2, 0) is 23.8 Å². The minimum Gasteiger partial charge on any atom is -0.465 e. The van der Waals surface area contributed by atoms with E-state index in [0.717, 1.165) is 57.8 Å². The van der Waals surface area contributed by atoms with Crippen LogP contribution in [0.2, 0.25) is 0 Å². The number of epoxide rings is 1. The zero-order valence-corrected chi connectivity index (χ0v) is 16.7. The van der Waals surface area contributed by atoms with Crippen LogP contribution in [0.1, 0.15) is 78.1 Å². The van der Waals surface area contributed by atoms with Crippen molar-refractivity contribution in [3.8, 4) is 0 Å². The van der Waals surface area contributed by atoms with Crippen molar-refractivity contribution in [2.45, 2.75) is 95.4 Å². The third-order valence-corrected chi connectivity index (χ3v) is 6.36. The van der Waals surface area contributed by atoms with Gasteiger partial charge in [0.05, 0.1) is 42.4 Å². The molecule has 154 valence electrons.